The minimum Gasteiger partial charge on any atom is -0.319 e. The van der Waals surface area contributed by atoms with Gasteiger partial charge in [0.05, 0.1) is 6.04 Å². The van der Waals surface area contributed by atoms with Crippen molar-refractivity contribution in [1.82, 2.24) is 20.1 Å². The molecule has 1 N–H and O–H groups in total. The molecule has 0 amide bonds. The predicted molar refractivity (Wildman–Crippen MR) is 62.9 cm³/mol. The van der Waals surface area contributed by atoms with E-state index in [1.807, 2.05) is 11.6 Å². The molecular formula is C10H18N4S. The van der Waals surface area contributed by atoms with Gasteiger partial charge in [-0.05, 0) is 31.3 Å². The fraction of sp³-hybridized carbons (Fsp3) is 0.800. The minimum atomic E-state index is 0.297. The van der Waals surface area contributed by atoms with Crippen LogP contribution in [0.1, 0.15) is 31.6 Å². The van der Waals surface area contributed by atoms with Gasteiger partial charge in [-0.25, -0.2) is 0 Å². The second-order valence-electron chi connectivity index (χ2n) is 4.08. The Morgan fingerprint density at radius 1 is 1.53 bits per heavy atom. The number of rotatable bonds is 3. The zero-order valence-electron chi connectivity index (χ0n) is 9.31. The van der Waals surface area contributed by atoms with Crippen LogP contribution in [0, 0.1) is 0 Å². The summed E-state index contributed by atoms with van der Waals surface area (Å²) < 4.78 is 1.98. The maximum absolute atomic E-state index is 4.13. The van der Waals surface area contributed by atoms with Crippen LogP contribution >= 0.6 is 11.8 Å². The van der Waals surface area contributed by atoms with Gasteiger partial charge < -0.3 is 9.88 Å². The van der Waals surface area contributed by atoms with Crippen molar-refractivity contribution >= 4 is 11.8 Å². The van der Waals surface area contributed by atoms with Crippen LogP contribution in [-0.2, 0) is 7.05 Å². The summed E-state index contributed by atoms with van der Waals surface area (Å²) in [5, 5.41) is 11.7. The van der Waals surface area contributed by atoms with Gasteiger partial charge >= 0.3 is 0 Å². The predicted octanol–water partition coefficient (Wildman–Crippen LogP) is 1.36. The van der Waals surface area contributed by atoms with Crippen molar-refractivity contribution in [3.63, 3.8) is 0 Å². The van der Waals surface area contributed by atoms with Crippen molar-refractivity contribution in [2.75, 3.05) is 11.5 Å². The summed E-state index contributed by atoms with van der Waals surface area (Å²) in [5.41, 5.74) is 0. The molecule has 1 unspecified atom stereocenters. The number of thioether (sulfide) groups is 1. The van der Waals surface area contributed by atoms with E-state index in [-0.39, 0.29) is 0 Å². The molecule has 0 aliphatic carbocycles. The van der Waals surface area contributed by atoms with Crippen molar-refractivity contribution in [1.29, 1.82) is 0 Å². The normalized spacial score (nSPS) is 20.4. The van der Waals surface area contributed by atoms with E-state index in [1.165, 1.54) is 24.3 Å². The van der Waals surface area contributed by atoms with E-state index in [0.717, 1.165) is 5.82 Å². The highest BCUT2D eigenvalue weighted by Crippen LogP contribution is 2.19. The summed E-state index contributed by atoms with van der Waals surface area (Å²) in [4.78, 5) is 0. The zero-order valence-corrected chi connectivity index (χ0v) is 10.1. The Kier molecular flexibility index (Phi) is 3.64. The average Bonchev–Trinajstić information content (AvgIpc) is 2.66. The molecule has 84 valence electrons. The topological polar surface area (TPSA) is 42.7 Å². The molecule has 4 nitrogen and oxygen atoms in total. The highest BCUT2D eigenvalue weighted by molar-refractivity contribution is 7.99. The Morgan fingerprint density at radius 2 is 2.27 bits per heavy atom. The van der Waals surface area contributed by atoms with Crippen LogP contribution in [0.5, 0.6) is 0 Å². The van der Waals surface area contributed by atoms with Crippen molar-refractivity contribution in [3.8, 4) is 0 Å². The molecule has 0 saturated carbocycles. The molecule has 0 radical (unpaired) electrons. The Labute approximate surface area is 94.8 Å². The van der Waals surface area contributed by atoms with Crippen LogP contribution in [-0.4, -0.2) is 32.3 Å². The Morgan fingerprint density at radius 3 is 2.87 bits per heavy atom. The van der Waals surface area contributed by atoms with E-state index in [4.69, 9.17) is 0 Å². The number of nitrogens with zero attached hydrogens (tertiary/aromatic N) is 3. The molecule has 1 atom stereocenters. The molecule has 1 aromatic rings. The molecule has 1 aromatic heterocycles. The average molecular weight is 226 g/mol. The molecule has 0 bridgehead atoms. The molecule has 5 heteroatoms. The molecule has 1 saturated heterocycles. The highest BCUT2D eigenvalue weighted by atomic mass is 32.2. The third-order valence-electron chi connectivity index (χ3n) is 2.84. The molecule has 15 heavy (non-hydrogen) atoms. The number of hydrogen-bond donors (Lipinski definition) is 1. The number of aromatic nitrogens is 3. The quantitative estimate of drug-likeness (QED) is 0.845. The van der Waals surface area contributed by atoms with Gasteiger partial charge in [-0.3, -0.25) is 0 Å². The van der Waals surface area contributed by atoms with Gasteiger partial charge in [-0.1, -0.05) is 0 Å². The number of nitrogens with one attached hydrogen (secondary N) is 1. The largest absolute Gasteiger partial charge is 0.319 e. The SMILES string of the molecule is CC(NC1CCSCC1)c1nncn1C. The molecule has 1 fully saturated rings. The van der Waals surface area contributed by atoms with Gasteiger partial charge in [0.25, 0.3) is 0 Å². The van der Waals surface area contributed by atoms with Crippen molar-refractivity contribution < 1.29 is 0 Å². The Balaban J connectivity index is 1.91. The Bertz CT molecular complexity index is 306. The lowest BCUT2D eigenvalue weighted by Crippen LogP contribution is -2.35. The minimum absolute atomic E-state index is 0.297. The smallest absolute Gasteiger partial charge is 0.149 e. The lowest BCUT2D eigenvalue weighted by Gasteiger charge is -2.25. The first-order chi connectivity index (χ1) is 7.27. The van der Waals surface area contributed by atoms with Crippen LogP contribution in [0.25, 0.3) is 0 Å². The first-order valence-electron chi connectivity index (χ1n) is 5.45. The fourth-order valence-corrected chi connectivity index (χ4v) is 3.08. The summed E-state index contributed by atoms with van der Waals surface area (Å²) >= 11 is 2.05. The van der Waals surface area contributed by atoms with Gasteiger partial charge in [0.1, 0.15) is 12.2 Å². The Hall–Kier alpha value is -0.550. The van der Waals surface area contributed by atoms with E-state index >= 15 is 0 Å². The summed E-state index contributed by atoms with van der Waals surface area (Å²) in [5.74, 6) is 3.58. The third kappa shape index (κ3) is 2.72. The first-order valence-corrected chi connectivity index (χ1v) is 6.60. The second kappa shape index (κ2) is 4.99. The van der Waals surface area contributed by atoms with Crippen LogP contribution < -0.4 is 5.32 Å². The van der Waals surface area contributed by atoms with Crippen molar-refractivity contribution in [2.24, 2.45) is 7.05 Å². The zero-order chi connectivity index (χ0) is 10.7. The summed E-state index contributed by atoms with van der Waals surface area (Å²) in [7, 11) is 1.99. The molecule has 2 heterocycles. The van der Waals surface area contributed by atoms with Crippen LogP contribution in [0.2, 0.25) is 0 Å². The van der Waals surface area contributed by atoms with Crippen LogP contribution in [0.15, 0.2) is 6.33 Å². The van der Waals surface area contributed by atoms with E-state index in [0.29, 0.717) is 12.1 Å². The van der Waals surface area contributed by atoms with Crippen molar-refractivity contribution in [3.05, 3.63) is 12.2 Å². The molecule has 2 rings (SSSR count). The van der Waals surface area contributed by atoms with E-state index in [9.17, 15) is 0 Å². The monoisotopic (exact) mass is 226 g/mol. The van der Waals surface area contributed by atoms with Crippen LogP contribution in [0.3, 0.4) is 0 Å². The molecule has 0 spiro atoms. The first kappa shape index (κ1) is 11.0. The summed E-state index contributed by atoms with van der Waals surface area (Å²) in [6.07, 6.45) is 4.30. The summed E-state index contributed by atoms with van der Waals surface area (Å²) in [6, 6.07) is 0.948. The van der Waals surface area contributed by atoms with Gasteiger partial charge in [0.2, 0.25) is 0 Å². The molecule has 1 aliphatic rings. The maximum atomic E-state index is 4.13. The van der Waals surface area contributed by atoms with E-state index < -0.39 is 0 Å². The van der Waals surface area contributed by atoms with E-state index in [1.54, 1.807) is 6.33 Å². The van der Waals surface area contributed by atoms with Crippen molar-refractivity contribution in [2.45, 2.75) is 31.8 Å². The van der Waals surface area contributed by atoms with Crippen LogP contribution in [0.4, 0.5) is 0 Å². The lowest BCUT2D eigenvalue weighted by molar-refractivity contribution is 0.414. The highest BCUT2D eigenvalue weighted by Gasteiger charge is 2.18. The fourth-order valence-electron chi connectivity index (χ4n) is 1.98. The molecule has 0 aromatic carbocycles. The molecular weight excluding hydrogens is 208 g/mol. The van der Waals surface area contributed by atoms with Gasteiger partial charge in [0, 0.05) is 13.1 Å². The number of aryl methyl sites for hydroxylation is 1. The maximum Gasteiger partial charge on any atom is 0.149 e. The lowest BCUT2D eigenvalue weighted by atomic mass is 10.1. The second-order valence-corrected chi connectivity index (χ2v) is 5.30. The summed E-state index contributed by atoms with van der Waals surface area (Å²) in [6.45, 7) is 2.16. The standard InChI is InChI=1S/C10H18N4S/c1-8(10-13-11-7-14(10)2)12-9-3-5-15-6-4-9/h7-9,12H,3-6H2,1-2H3. The third-order valence-corrected chi connectivity index (χ3v) is 3.89. The van der Waals surface area contributed by atoms with Gasteiger partial charge in [0.15, 0.2) is 0 Å². The molecule has 1 aliphatic heterocycles. The number of hydrogen-bond acceptors (Lipinski definition) is 4. The van der Waals surface area contributed by atoms with Gasteiger partial charge in [-0.2, -0.15) is 11.8 Å². The van der Waals surface area contributed by atoms with Gasteiger partial charge in [-0.15, -0.1) is 10.2 Å². The van der Waals surface area contributed by atoms with E-state index in [2.05, 4.69) is 34.2 Å².